The number of hydrogen-bond acceptors (Lipinski definition) is 6. The predicted octanol–water partition coefficient (Wildman–Crippen LogP) is 3.44. The lowest BCUT2D eigenvalue weighted by atomic mass is 9.77. The highest BCUT2D eigenvalue weighted by Crippen LogP contribution is 2.50. The number of morpholine rings is 1. The number of ether oxygens (including phenoxy) is 1. The van der Waals surface area contributed by atoms with Gasteiger partial charge in [0.2, 0.25) is 10.0 Å². The van der Waals surface area contributed by atoms with E-state index in [1.54, 1.807) is 24.3 Å². The molecule has 0 radical (unpaired) electrons. The van der Waals surface area contributed by atoms with E-state index >= 15 is 0 Å². The van der Waals surface area contributed by atoms with Crippen LogP contribution in [0.1, 0.15) is 29.5 Å². The fourth-order valence-electron chi connectivity index (χ4n) is 4.81. The molecular weight excluding hydrogens is 418 g/mol. The van der Waals surface area contributed by atoms with Gasteiger partial charge < -0.3 is 10.1 Å². The highest BCUT2D eigenvalue weighted by Gasteiger charge is 2.38. The average Bonchev–Trinajstić information content (AvgIpc) is 3.29. The van der Waals surface area contributed by atoms with Crippen LogP contribution >= 0.6 is 0 Å². The van der Waals surface area contributed by atoms with Crippen LogP contribution in [0.4, 0.5) is 11.4 Å². The molecule has 1 saturated heterocycles. The first kappa shape index (κ1) is 20.2. The Morgan fingerprint density at radius 3 is 2.55 bits per heavy atom. The first-order chi connectivity index (χ1) is 14.9. The van der Waals surface area contributed by atoms with Gasteiger partial charge in [0, 0.05) is 36.8 Å². The number of nitrogens with one attached hydrogen (secondary N) is 1. The third kappa shape index (κ3) is 3.52. The maximum atomic E-state index is 12.9. The number of anilines is 1. The fraction of sp³-hybridized carbons (Fsp3) is 0.364. The Kier molecular flexibility index (Phi) is 5.04. The number of hydrogen-bond donors (Lipinski definition) is 1. The number of benzene rings is 2. The Bertz CT molecular complexity index is 1140. The molecule has 1 N–H and O–H groups in total. The van der Waals surface area contributed by atoms with Gasteiger partial charge in [-0.3, -0.25) is 10.1 Å². The smallest absolute Gasteiger partial charge is 0.269 e. The molecule has 2 aliphatic heterocycles. The SMILES string of the molecule is O=[N+]([O-])c1ccc2c(c1)[C@H]1C=CC[C@H]1[C@H](c1ccc(S(=O)(=O)N3CCOCC3)cc1)N2. The summed E-state index contributed by atoms with van der Waals surface area (Å²) in [4.78, 5) is 11.1. The third-order valence-corrected chi connectivity index (χ3v) is 8.32. The van der Waals surface area contributed by atoms with Crippen LogP contribution in [-0.4, -0.2) is 43.9 Å². The number of nitro groups is 1. The Morgan fingerprint density at radius 1 is 1.10 bits per heavy atom. The molecule has 0 unspecified atom stereocenters. The highest BCUT2D eigenvalue weighted by atomic mass is 32.2. The Morgan fingerprint density at radius 2 is 1.84 bits per heavy atom. The quantitative estimate of drug-likeness (QED) is 0.443. The van der Waals surface area contributed by atoms with Crippen molar-refractivity contribution < 1.29 is 18.1 Å². The van der Waals surface area contributed by atoms with E-state index in [-0.39, 0.29) is 33.4 Å². The van der Waals surface area contributed by atoms with Gasteiger partial charge in [-0.2, -0.15) is 4.31 Å². The summed E-state index contributed by atoms with van der Waals surface area (Å²) < 4.78 is 32.5. The zero-order valence-electron chi connectivity index (χ0n) is 16.8. The number of non-ortho nitro benzene ring substituents is 1. The zero-order chi connectivity index (χ0) is 21.6. The number of allylic oxidation sites excluding steroid dienone is 2. The third-order valence-electron chi connectivity index (χ3n) is 6.40. The molecule has 0 bridgehead atoms. The molecule has 0 aromatic heterocycles. The van der Waals surface area contributed by atoms with Crippen LogP contribution in [0.25, 0.3) is 0 Å². The van der Waals surface area contributed by atoms with Crippen molar-refractivity contribution in [3.05, 3.63) is 75.9 Å². The molecular formula is C22H23N3O5S. The number of rotatable bonds is 4. The summed E-state index contributed by atoms with van der Waals surface area (Å²) in [5, 5.41) is 14.7. The van der Waals surface area contributed by atoms with E-state index in [2.05, 4.69) is 17.5 Å². The van der Waals surface area contributed by atoms with Crippen LogP contribution in [0.2, 0.25) is 0 Å². The largest absolute Gasteiger partial charge is 0.379 e. The van der Waals surface area contributed by atoms with Gasteiger partial charge in [0.05, 0.1) is 29.1 Å². The topological polar surface area (TPSA) is 102 Å². The lowest BCUT2D eigenvalue weighted by Crippen LogP contribution is -2.40. The average molecular weight is 442 g/mol. The molecule has 2 aromatic carbocycles. The van der Waals surface area contributed by atoms with Gasteiger partial charge in [0.1, 0.15) is 0 Å². The summed E-state index contributed by atoms with van der Waals surface area (Å²) in [6.07, 6.45) is 5.10. The molecule has 5 rings (SSSR count). The second-order valence-corrected chi connectivity index (χ2v) is 10.0. The van der Waals surface area contributed by atoms with Gasteiger partial charge >= 0.3 is 0 Å². The fourth-order valence-corrected chi connectivity index (χ4v) is 6.22. The molecule has 2 aromatic rings. The molecule has 0 amide bonds. The van der Waals surface area contributed by atoms with E-state index in [4.69, 9.17) is 4.74 Å². The molecule has 3 atom stereocenters. The van der Waals surface area contributed by atoms with Gasteiger partial charge in [-0.1, -0.05) is 24.3 Å². The minimum Gasteiger partial charge on any atom is -0.379 e. The van der Waals surface area contributed by atoms with Crippen molar-refractivity contribution in [2.24, 2.45) is 5.92 Å². The maximum absolute atomic E-state index is 12.9. The summed E-state index contributed by atoms with van der Waals surface area (Å²) in [5.74, 6) is 0.314. The van der Waals surface area contributed by atoms with Gasteiger partial charge in [0.25, 0.3) is 5.69 Å². The molecule has 3 aliphatic rings. The lowest BCUT2D eigenvalue weighted by Gasteiger charge is -2.37. The second kappa shape index (κ2) is 7.74. The normalized spacial score (nSPS) is 25.5. The van der Waals surface area contributed by atoms with Gasteiger partial charge in [-0.15, -0.1) is 0 Å². The van der Waals surface area contributed by atoms with E-state index < -0.39 is 10.0 Å². The van der Waals surface area contributed by atoms with Crippen molar-refractivity contribution in [2.45, 2.75) is 23.3 Å². The summed E-state index contributed by atoms with van der Waals surface area (Å²) in [6.45, 7) is 1.56. The van der Waals surface area contributed by atoms with Crippen LogP contribution in [0.3, 0.4) is 0 Å². The minimum absolute atomic E-state index is 0.00547. The minimum atomic E-state index is -3.53. The Balaban J connectivity index is 1.44. The summed E-state index contributed by atoms with van der Waals surface area (Å²) in [5.41, 5.74) is 2.92. The molecule has 1 fully saturated rings. The van der Waals surface area contributed by atoms with Crippen molar-refractivity contribution in [1.29, 1.82) is 0 Å². The molecule has 0 saturated carbocycles. The standard InChI is InChI=1S/C22H23N3O5S/c26-25(27)16-6-9-21-20(14-16)18-2-1-3-19(18)22(23-21)15-4-7-17(8-5-15)31(28,29)24-10-12-30-13-11-24/h1-2,4-9,14,18-19,22-23H,3,10-13H2/t18-,19+,22-/m0/s1. The Labute approximate surface area is 180 Å². The van der Waals surface area contributed by atoms with Gasteiger partial charge in [-0.25, -0.2) is 8.42 Å². The summed E-state index contributed by atoms with van der Waals surface area (Å²) in [6, 6.07) is 12.0. The molecule has 9 heteroatoms. The molecule has 2 heterocycles. The molecule has 8 nitrogen and oxygen atoms in total. The van der Waals surface area contributed by atoms with Crippen molar-refractivity contribution in [1.82, 2.24) is 4.31 Å². The second-order valence-electron chi connectivity index (χ2n) is 8.09. The molecule has 1 aliphatic carbocycles. The van der Waals surface area contributed by atoms with Crippen molar-refractivity contribution in [2.75, 3.05) is 31.6 Å². The molecule has 31 heavy (non-hydrogen) atoms. The van der Waals surface area contributed by atoms with Gasteiger partial charge in [0.15, 0.2) is 0 Å². The van der Waals surface area contributed by atoms with E-state index in [0.717, 1.165) is 23.2 Å². The van der Waals surface area contributed by atoms with Crippen LogP contribution in [-0.2, 0) is 14.8 Å². The van der Waals surface area contributed by atoms with E-state index in [1.807, 2.05) is 12.1 Å². The van der Waals surface area contributed by atoms with E-state index in [0.29, 0.717) is 26.3 Å². The number of nitro benzene ring substituents is 1. The maximum Gasteiger partial charge on any atom is 0.269 e. The summed E-state index contributed by atoms with van der Waals surface area (Å²) >= 11 is 0. The van der Waals surface area contributed by atoms with E-state index in [9.17, 15) is 18.5 Å². The summed E-state index contributed by atoms with van der Waals surface area (Å²) in [7, 11) is -3.53. The van der Waals surface area contributed by atoms with Crippen LogP contribution in [0, 0.1) is 16.0 Å². The number of nitrogens with zero attached hydrogens (tertiary/aromatic N) is 2. The zero-order valence-corrected chi connectivity index (χ0v) is 17.6. The van der Waals surface area contributed by atoms with Crippen LogP contribution in [0.5, 0.6) is 0 Å². The number of fused-ring (bicyclic) bond motifs is 3. The van der Waals surface area contributed by atoms with Gasteiger partial charge in [-0.05, 0) is 41.7 Å². The first-order valence-electron chi connectivity index (χ1n) is 10.3. The number of sulfonamides is 1. The van der Waals surface area contributed by atoms with Crippen LogP contribution in [0.15, 0.2) is 59.5 Å². The monoisotopic (exact) mass is 441 g/mol. The van der Waals surface area contributed by atoms with Crippen molar-refractivity contribution >= 4 is 21.4 Å². The molecule has 162 valence electrons. The van der Waals surface area contributed by atoms with E-state index in [1.165, 1.54) is 10.4 Å². The lowest BCUT2D eigenvalue weighted by molar-refractivity contribution is -0.384. The van der Waals surface area contributed by atoms with Crippen molar-refractivity contribution in [3.8, 4) is 0 Å². The highest BCUT2D eigenvalue weighted by molar-refractivity contribution is 7.89. The predicted molar refractivity (Wildman–Crippen MR) is 115 cm³/mol. The first-order valence-corrected chi connectivity index (χ1v) is 11.8. The Hall–Kier alpha value is -2.75. The molecule has 0 spiro atoms. The van der Waals surface area contributed by atoms with Crippen LogP contribution < -0.4 is 5.32 Å². The van der Waals surface area contributed by atoms with Crippen molar-refractivity contribution in [3.63, 3.8) is 0 Å².